The second-order valence-electron chi connectivity index (χ2n) is 5.79. The zero-order chi connectivity index (χ0) is 19.8. The van der Waals surface area contributed by atoms with E-state index in [0.29, 0.717) is 23.2 Å². The molecule has 0 radical (unpaired) electrons. The summed E-state index contributed by atoms with van der Waals surface area (Å²) < 4.78 is 19.8. The molecule has 0 unspecified atom stereocenters. The van der Waals surface area contributed by atoms with Crippen LogP contribution in [0.4, 0.5) is 10.1 Å². The summed E-state index contributed by atoms with van der Waals surface area (Å²) >= 11 is 8.64. The Kier molecular flexibility index (Phi) is 7.11. The maximum Gasteiger partial charge on any atom is 0.191 e. The number of hydrazone groups is 1. The monoisotopic (exact) mass is 457 g/mol. The molecule has 0 aliphatic carbocycles. The van der Waals surface area contributed by atoms with Gasteiger partial charge in [0.1, 0.15) is 18.2 Å². The maximum absolute atomic E-state index is 12.9. The van der Waals surface area contributed by atoms with Gasteiger partial charge in [-0.1, -0.05) is 46.3 Å². The topological polar surface area (TPSA) is 45.7 Å². The molecule has 7 heteroatoms. The molecule has 0 saturated heterocycles. The Balaban J connectivity index is 1.61. The highest BCUT2D eigenvalue weighted by Crippen LogP contribution is 2.22. The van der Waals surface area contributed by atoms with Gasteiger partial charge in [0.2, 0.25) is 0 Å². The molecular weight excluding hydrogens is 441 g/mol. The molecule has 4 nitrogen and oxygen atoms in total. The summed E-state index contributed by atoms with van der Waals surface area (Å²) in [7, 11) is 0. The molecule has 0 heterocycles. The Morgan fingerprint density at radius 1 is 1.07 bits per heavy atom. The van der Waals surface area contributed by atoms with E-state index in [4.69, 9.17) is 17.0 Å². The third kappa shape index (κ3) is 6.14. The third-order valence-corrected chi connectivity index (χ3v) is 4.37. The number of benzene rings is 3. The Morgan fingerprint density at radius 3 is 2.57 bits per heavy atom. The molecular formula is C21H17BrFN3OS. The number of anilines is 1. The van der Waals surface area contributed by atoms with Gasteiger partial charge < -0.3 is 10.1 Å². The Morgan fingerprint density at radius 2 is 1.82 bits per heavy atom. The summed E-state index contributed by atoms with van der Waals surface area (Å²) in [5, 5.41) is 7.38. The van der Waals surface area contributed by atoms with Crippen molar-refractivity contribution in [1.29, 1.82) is 0 Å². The minimum Gasteiger partial charge on any atom is -0.488 e. The highest BCUT2D eigenvalue weighted by Gasteiger charge is 2.04. The van der Waals surface area contributed by atoms with E-state index in [1.165, 1.54) is 12.1 Å². The van der Waals surface area contributed by atoms with E-state index in [-0.39, 0.29) is 5.82 Å². The SMILES string of the molecule is Fc1ccc(NC(=S)NN=Cc2cc(Br)ccc2OCc2ccccc2)cc1. The largest absolute Gasteiger partial charge is 0.488 e. The predicted octanol–water partition coefficient (Wildman–Crippen LogP) is 5.49. The van der Waals surface area contributed by atoms with Crippen LogP contribution in [0.25, 0.3) is 0 Å². The summed E-state index contributed by atoms with van der Waals surface area (Å²) in [6.45, 7) is 0.460. The van der Waals surface area contributed by atoms with E-state index >= 15 is 0 Å². The van der Waals surface area contributed by atoms with Crippen molar-refractivity contribution in [3.8, 4) is 5.75 Å². The molecule has 3 aromatic carbocycles. The molecule has 0 fully saturated rings. The number of rotatable bonds is 6. The minimum atomic E-state index is -0.305. The molecule has 0 aromatic heterocycles. The fourth-order valence-electron chi connectivity index (χ4n) is 2.34. The van der Waals surface area contributed by atoms with Crippen molar-refractivity contribution >= 4 is 45.2 Å². The van der Waals surface area contributed by atoms with Crippen LogP contribution in [0, 0.1) is 5.82 Å². The molecule has 3 aromatic rings. The van der Waals surface area contributed by atoms with Gasteiger partial charge in [-0.05, 0) is 60.2 Å². The van der Waals surface area contributed by atoms with Crippen LogP contribution in [0.5, 0.6) is 5.75 Å². The lowest BCUT2D eigenvalue weighted by molar-refractivity contribution is 0.306. The van der Waals surface area contributed by atoms with E-state index in [0.717, 1.165) is 15.6 Å². The number of halogens is 2. The molecule has 3 rings (SSSR count). The van der Waals surface area contributed by atoms with Gasteiger partial charge in [-0.3, -0.25) is 5.43 Å². The molecule has 0 bridgehead atoms. The van der Waals surface area contributed by atoms with E-state index in [2.05, 4.69) is 31.8 Å². The van der Waals surface area contributed by atoms with Crippen molar-refractivity contribution in [3.63, 3.8) is 0 Å². The molecule has 0 atom stereocenters. The van der Waals surface area contributed by atoms with Crippen LogP contribution in [0.2, 0.25) is 0 Å². The highest BCUT2D eigenvalue weighted by molar-refractivity contribution is 9.10. The number of hydrogen-bond donors (Lipinski definition) is 2. The van der Waals surface area contributed by atoms with Gasteiger partial charge in [-0.2, -0.15) is 5.10 Å². The first-order chi connectivity index (χ1) is 13.6. The lowest BCUT2D eigenvalue weighted by atomic mass is 10.2. The van der Waals surface area contributed by atoms with Crippen LogP contribution >= 0.6 is 28.1 Å². The summed E-state index contributed by atoms with van der Waals surface area (Å²) in [6, 6.07) is 21.5. The lowest BCUT2D eigenvalue weighted by Gasteiger charge is -2.10. The van der Waals surface area contributed by atoms with Crippen LogP contribution in [-0.2, 0) is 6.61 Å². The number of hydrogen-bond acceptors (Lipinski definition) is 3. The fraction of sp³-hybridized carbons (Fsp3) is 0.0476. The molecule has 0 amide bonds. The van der Waals surface area contributed by atoms with Crippen molar-refractivity contribution < 1.29 is 9.13 Å². The number of thiocarbonyl (C=S) groups is 1. The summed E-state index contributed by atoms with van der Waals surface area (Å²) in [5.74, 6) is 0.398. The minimum absolute atomic E-state index is 0.296. The normalized spacial score (nSPS) is 10.6. The molecule has 142 valence electrons. The second kappa shape index (κ2) is 9.96. The van der Waals surface area contributed by atoms with Gasteiger partial charge in [0.05, 0.1) is 6.21 Å². The van der Waals surface area contributed by atoms with Crippen LogP contribution in [0.1, 0.15) is 11.1 Å². The van der Waals surface area contributed by atoms with Crippen molar-refractivity contribution in [1.82, 2.24) is 5.43 Å². The van der Waals surface area contributed by atoms with Gasteiger partial charge in [-0.15, -0.1) is 0 Å². The molecule has 28 heavy (non-hydrogen) atoms. The summed E-state index contributed by atoms with van der Waals surface area (Å²) in [5.41, 5.74) is 5.28. The molecule has 0 saturated carbocycles. The average molecular weight is 458 g/mol. The highest BCUT2D eigenvalue weighted by atomic mass is 79.9. The third-order valence-electron chi connectivity index (χ3n) is 3.68. The predicted molar refractivity (Wildman–Crippen MR) is 118 cm³/mol. The number of nitrogens with one attached hydrogen (secondary N) is 2. The lowest BCUT2D eigenvalue weighted by Crippen LogP contribution is -2.23. The van der Waals surface area contributed by atoms with Crippen LogP contribution in [0.3, 0.4) is 0 Å². The molecule has 0 spiro atoms. The Bertz CT molecular complexity index is 965. The molecule has 0 aliphatic heterocycles. The van der Waals surface area contributed by atoms with Crippen LogP contribution in [-0.4, -0.2) is 11.3 Å². The Hall–Kier alpha value is -2.77. The van der Waals surface area contributed by atoms with Gasteiger partial charge in [0.15, 0.2) is 5.11 Å². The van der Waals surface area contributed by atoms with Crippen molar-refractivity contribution in [3.05, 3.63) is 94.2 Å². The zero-order valence-corrected chi connectivity index (χ0v) is 17.1. The summed E-state index contributed by atoms with van der Waals surface area (Å²) in [4.78, 5) is 0. The van der Waals surface area contributed by atoms with E-state index in [9.17, 15) is 4.39 Å². The quantitative estimate of drug-likeness (QED) is 0.292. The zero-order valence-electron chi connectivity index (χ0n) is 14.7. The summed E-state index contributed by atoms with van der Waals surface area (Å²) in [6.07, 6.45) is 1.63. The smallest absolute Gasteiger partial charge is 0.191 e. The van der Waals surface area contributed by atoms with E-state index in [1.807, 2.05) is 48.5 Å². The van der Waals surface area contributed by atoms with Crippen molar-refractivity contribution in [2.45, 2.75) is 6.61 Å². The fourth-order valence-corrected chi connectivity index (χ4v) is 2.89. The maximum atomic E-state index is 12.9. The van der Waals surface area contributed by atoms with Crippen molar-refractivity contribution in [2.24, 2.45) is 5.10 Å². The van der Waals surface area contributed by atoms with Gasteiger partial charge >= 0.3 is 0 Å². The first-order valence-electron chi connectivity index (χ1n) is 8.42. The standard InChI is InChI=1S/C21H17BrFN3OS/c22-17-6-11-20(27-14-15-4-2-1-3-5-15)16(12-17)13-24-26-21(28)25-19-9-7-18(23)8-10-19/h1-13H,14H2,(H2,25,26,28). The van der Waals surface area contributed by atoms with Crippen LogP contribution in [0.15, 0.2) is 82.4 Å². The van der Waals surface area contributed by atoms with E-state index < -0.39 is 0 Å². The first kappa shape index (κ1) is 20.0. The number of ether oxygens (including phenoxy) is 1. The number of nitrogens with zero attached hydrogens (tertiary/aromatic N) is 1. The van der Waals surface area contributed by atoms with Gasteiger partial charge in [0.25, 0.3) is 0 Å². The molecule has 0 aliphatic rings. The average Bonchev–Trinajstić information content (AvgIpc) is 2.70. The molecule has 2 N–H and O–H groups in total. The van der Waals surface area contributed by atoms with Gasteiger partial charge in [0, 0.05) is 15.7 Å². The van der Waals surface area contributed by atoms with E-state index in [1.54, 1.807) is 18.3 Å². The first-order valence-corrected chi connectivity index (χ1v) is 9.62. The Labute approximate surface area is 176 Å². The van der Waals surface area contributed by atoms with Gasteiger partial charge in [-0.25, -0.2) is 4.39 Å². The van der Waals surface area contributed by atoms with Crippen LogP contribution < -0.4 is 15.5 Å². The second-order valence-corrected chi connectivity index (χ2v) is 7.11. The van der Waals surface area contributed by atoms with Crippen molar-refractivity contribution in [2.75, 3.05) is 5.32 Å².